The highest BCUT2D eigenvalue weighted by molar-refractivity contribution is 5.93. The van der Waals surface area contributed by atoms with Crippen molar-refractivity contribution >= 4 is 11.8 Å². The first-order chi connectivity index (χ1) is 9.99. The molecule has 1 saturated heterocycles. The maximum Gasteiger partial charge on any atom is 0.248 e. The lowest BCUT2D eigenvalue weighted by atomic mass is 9.94. The molecule has 2 amide bonds. The summed E-state index contributed by atoms with van der Waals surface area (Å²) >= 11 is 0. The van der Waals surface area contributed by atoms with Crippen LogP contribution in [0.15, 0.2) is 18.3 Å². The first-order valence-corrected chi connectivity index (χ1v) is 7.51. The summed E-state index contributed by atoms with van der Waals surface area (Å²) in [4.78, 5) is 30.8. The zero-order valence-electron chi connectivity index (χ0n) is 12.6. The summed E-state index contributed by atoms with van der Waals surface area (Å²) in [6.45, 7) is 4.80. The fourth-order valence-electron chi connectivity index (χ4n) is 2.97. The van der Waals surface area contributed by atoms with Crippen LogP contribution < -0.4 is 5.32 Å². The van der Waals surface area contributed by atoms with E-state index >= 15 is 0 Å². The van der Waals surface area contributed by atoms with Gasteiger partial charge in [-0.2, -0.15) is 0 Å². The van der Waals surface area contributed by atoms with Gasteiger partial charge in [0.15, 0.2) is 0 Å². The van der Waals surface area contributed by atoms with Gasteiger partial charge in [0, 0.05) is 31.4 Å². The molecule has 1 aliphatic heterocycles. The Kier molecular flexibility index (Phi) is 3.43. The van der Waals surface area contributed by atoms with Gasteiger partial charge in [-0.05, 0) is 44.2 Å². The topological polar surface area (TPSA) is 62.3 Å². The molecule has 2 fully saturated rings. The van der Waals surface area contributed by atoms with Crippen LogP contribution in [0, 0.1) is 12.8 Å². The van der Waals surface area contributed by atoms with Crippen LogP contribution >= 0.6 is 0 Å². The zero-order valence-corrected chi connectivity index (χ0v) is 12.6. The molecule has 21 heavy (non-hydrogen) atoms. The summed E-state index contributed by atoms with van der Waals surface area (Å²) in [6.07, 6.45) is 4.20. The van der Waals surface area contributed by atoms with Crippen LogP contribution in [0.4, 0.5) is 0 Å². The van der Waals surface area contributed by atoms with E-state index in [1.165, 1.54) is 0 Å². The number of nitrogens with zero attached hydrogens (tertiary/aromatic N) is 2. The summed E-state index contributed by atoms with van der Waals surface area (Å²) in [5, 5.41) is 2.95. The summed E-state index contributed by atoms with van der Waals surface area (Å²) < 4.78 is 0. The van der Waals surface area contributed by atoms with E-state index in [4.69, 9.17) is 0 Å². The third-order valence-electron chi connectivity index (χ3n) is 4.48. The van der Waals surface area contributed by atoms with Gasteiger partial charge < -0.3 is 10.2 Å². The molecule has 0 spiro atoms. The van der Waals surface area contributed by atoms with Crippen LogP contribution in [-0.2, 0) is 16.1 Å². The van der Waals surface area contributed by atoms with E-state index in [9.17, 15) is 9.59 Å². The molecule has 1 saturated carbocycles. The molecule has 2 aliphatic rings. The normalized spacial score (nSPS) is 26.5. The molecule has 5 heteroatoms. The number of carbonyl (C=O) groups excluding carboxylic acids is 2. The van der Waals surface area contributed by atoms with Crippen molar-refractivity contribution in [1.82, 2.24) is 15.2 Å². The molecule has 1 N–H and O–H groups in total. The van der Waals surface area contributed by atoms with Crippen molar-refractivity contribution in [3.8, 4) is 0 Å². The van der Waals surface area contributed by atoms with Gasteiger partial charge in [-0.3, -0.25) is 14.6 Å². The van der Waals surface area contributed by atoms with E-state index in [0.717, 1.165) is 24.1 Å². The Bertz CT molecular complexity index is 565. The molecule has 3 rings (SSSR count). The van der Waals surface area contributed by atoms with Crippen LogP contribution in [0.25, 0.3) is 0 Å². The monoisotopic (exact) mass is 287 g/mol. The van der Waals surface area contributed by atoms with Gasteiger partial charge in [0.05, 0.1) is 0 Å². The average Bonchev–Trinajstić information content (AvgIpc) is 3.29. The van der Waals surface area contributed by atoms with Crippen molar-refractivity contribution in [2.24, 2.45) is 5.92 Å². The highest BCUT2D eigenvalue weighted by Crippen LogP contribution is 2.41. The predicted octanol–water partition coefficient (Wildman–Crippen LogP) is 1.41. The minimum atomic E-state index is -0.730. The standard InChI is InChI=1S/C16H21N3O2/c1-11-3-4-12(9-17-11)10-19-8-7-14(20)18-16(2,15(19)21)13-5-6-13/h3-4,9,13H,5-8,10H2,1-2H3,(H,18,20). The molecule has 0 bridgehead atoms. The quantitative estimate of drug-likeness (QED) is 0.914. The SMILES string of the molecule is Cc1ccc(CN2CCC(=O)NC(C)(C3CC3)C2=O)cn1. The highest BCUT2D eigenvalue weighted by atomic mass is 16.2. The van der Waals surface area contributed by atoms with Crippen molar-refractivity contribution in [1.29, 1.82) is 0 Å². The van der Waals surface area contributed by atoms with Gasteiger partial charge in [0.1, 0.15) is 5.54 Å². The van der Waals surface area contributed by atoms with Gasteiger partial charge >= 0.3 is 0 Å². The van der Waals surface area contributed by atoms with Crippen molar-refractivity contribution in [3.05, 3.63) is 29.6 Å². The molecule has 0 radical (unpaired) electrons. The number of amides is 2. The number of aryl methyl sites for hydroxylation is 1. The van der Waals surface area contributed by atoms with Crippen molar-refractivity contribution < 1.29 is 9.59 Å². The first kappa shape index (κ1) is 14.0. The minimum Gasteiger partial charge on any atom is -0.342 e. The minimum absolute atomic E-state index is 0.0257. The third kappa shape index (κ3) is 2.77. The van der Waals surface area contributed by atoms with Crippen LogP contribution in [0.1, 0.15) is 37.4 Å². The molecule has 112 valence electrons. The molecular formula is C16H21N3O2. The van der Waals surface area contributed by atoms with Crippen LogP contribution in [-0.4, -0.2) is 33.8 Å². The number of hydrogen-bond donors (Lipinski definition) is 1. The summed E-state index contributed by atoms with van der Waals surface area (Å²) in [5.74, 6) is 0.296. The summed E-state index contributed by atoms with van der Waals surface area (Å²) in [6, 6.07) is 3.94. The Morgan fingerprint density at radius 3 is 2.76 bits per heavy atom. The smallest absolute Gasteiger partial charge is 0.248 e. The van der Waals surface area contributed by atoms with E-state index < -0.39 is 5.54 Å². The molecule has 1 unspecified atom stereocenters. The molecule has 2 heterocycles. The molecule has 1 aliphatic carbocycles. The summed E-state index contributed by atoms with van der Waals surface area (Å²) in [7, 11) is 0. The number of pyridine rings is 1. The summed E-state index contributed by atoms with van der Waals surface area (Å²) in [5.41, 5.74) is 1.23. The number of aromatic nitrogens is 1. The van der Waals surface area contributed by atoms with E-state index in [1.54, 1.807) is 11.1 Å². The second kappa shape index (κ2) is 5.13. The number of rotatable bonds is 3. The molecule has 1 aromatic heterocycles. The van der Waals surface area contributed by atoms with Gasteiger partial charge in [-0.25, -0.2) is 0 Å². The van der Waals surface area contributed by atoms with Crippen LogP contribution in [0.3, 0.4) is 0 Å². The first-order valence-electron chi connectivity index (χ1n) is 7.51. The van der Waals surface area contributed by atoms with Gasteiger partial charge in [0.25, 0.3) is 0 Å². The Balaban J connectivity index is 1.81. The van der Waals surface area contributed by atoms with Crippen molar-refractivity contribution in [3.63, 3.8) is 0 Å². The molecular weight excluding hydrogens is 266 g/mol. The lowest BCUT2D eigenvalue weighted by Crippen LogP contribution is -2.56. The average molecular weight is 287 g/mol. The number of carbonyl (C=O) groups is 2. The lowest BCUT2D eigenvalue weighted by molar-refractivity contribution is -0.139. The third-order valence-corrected chi connectivity index (χ3v) is 4.48. The maximum atomic E-state index is 12.9. The maximum absolute atomic E-state index is 12.9. The van der Waals surface area contributed by atoms with E-state index in [1.807, 2.05) is 26.0 Å². The van der Waals surface area contributed by atoms with Gasteiger partial charge in [-0.15, -0.1) is 0 Å². The zero-order chi connectivity index (χ0) is 15.0. The lowest BCUT2D eigenvalue weighted by Gasteiger charge is -2.32. The molecule has 5 nitrogen and oxygen atoms in total. The number of hydrogen-bond acceptors (Lipinski definition) is 3. The highest BCUT2D eigenvalue weighted by Gasteiger charge is 2.50. The molecule has 1 atom stereocenters. The Hall–Kier alpha value is -1.91. The number of nitrogens with one attached hydrogen (secondary N) is 1. The Morgan fingerprint density at radius 2 is 2.14 bits per heavy atom. The Morgan fingerprint density at radius 1 is 1.38 bits per heavy atom. The van der Waals surface area contributed by atoms with E-state index in [2.05, 4.69) is 10.3 Å². The van der Waals surface area contributed by atoms with Crippen LogP contribution in [0.2, 0.25) is 0 Å². The van der Waals surface area contributed by atoms with Gasteiger partial charge in [0.2, 0.25) is 11.8 Å². The van der Waals surface area contributed by atoms with E-state index in [0.29, 0.717) is 19.5 Å². The molecule has 1 aromatic rings. The van der Waals surface area contributed by atoms with Gasteiger partial charge in [-0.1, -0.05) is 6.07 Å². The Labute approximate surface area is 124 Å². The fourth-order valence-corrected chi connectivity index (χ4v) is 2.97. The largest absolute Gasteiger partial charge is 0.342 e. The van der Waals surface area contributed by atoms with E-state index in [-0.39, 0.29) is 17.7 Å². The van der Waals surface area contributed by atoms with Crippen molar-refractivity contribution in [2.75, 3.05) is 6.54 Å². The van der Waals surface area contributed by atoms with Crippen LogP contribution in [0.5, 0.6) is 0 Å². The fraction of sp³-hybridized carbons (Fsp3) is 0.562. The second-order valence-electron chi connectivity index (χ2n) is 6.31. The second-order valence-corrected chi connectivity index (χ2v) is 6.31. The van der Waals surface area contributed by atoms with Crippen molar-refractivity contribution in [2.45, 2.75) is 45.2 Å². The predicted molar refractivity (Wildman–Crippen MR) is 78.3 cm³/mol. The molecule has 0 aromatic carbocycles.